The molecule has 0 aromatic carbocycles. The number of pyridine rings is 1. The fourth-order valence-electron chi connectivity index (χ4n) is 2.92. The van der Waals surface area contributed by atoms with Gasteiger partial charge < -0.3 is 14.4 Å². The SMILES string of the molecule is Cc1ccc(CC(=O)N2CCOCC23CCOC3)cn1. The van der Waals surface area contributed by atoms with Gasteiger partial charge in [-0.3, -0.25) is 9.78 Å². The third-order valence-electron chi connectivity index (χ3n) is 4.11. The number of hydrogen-bond donors (Lipinski definition) is 0. The molecule has 0 aliphatic carbocycles. The average Bonchev–Trinajstić information content (AvgIpc) is 2.90. The van der Waals surface area contributed by atoms with Gasteiger partial charge in [0.25, 0.3) is 0 Å². The first-order valence-corrected chi connectivity index (χ1v) is 7.07. The summed E-state index contributed by atoms with van der Waals surface area (Å²) in [4.78, 5) is 18.8. The molecular formula is C15H20N2O3. The molecule has 0 N–H and O–H groups in total. The summed E-state index contributed by atoms with van der Waals surface area (Å²) in [6.07, 6.45) is 3.05. The molecule has 5 nitrogen and oxygen atoms in total. The van der Waals surface area contributed by atoms with E-state index >= 15 is 0 Å². The van der Waals surface area contributed by atoms with Gasteiger partial charge in [-0.1, -0.05) is 6.07 Å². The summed E-state index contributed by atoms with van der Waals surface area (Å²) in [5.74, 6) is 0.143. The van der Waals surface area contributed by atoms with Crippen molar-refractivity contribution in [2.45, 2.75) is 25.3 Å². The summed E-state index contributed by atoms with van der Waals surface area (Å²) < 4.78 is 11.1. The largest absolute Gasteiger partial charge is 0.379 e. The molecule has 1 aromatic heterocycles. The number of carbonyl (C=O) groups is 1. The molecule has 2 saturated heterocycles. The fraction of sp³-hybridized carbons (Fsp3) is 0.600. The van der Waals surface area contributed by atoms with Crippen molar-refractivity contribution >= 4 is 5.91 Å². The van der Waals surface area contributed by atoms with E-state index in [1.165, 1.54) is 0 Å². The molecule has 1 unspecified atom stereocenters. The minimum atomic E-state index is -0.243. The first-order chi connectivity index (χ1) is 9.70. The van der Waals surface area contributed by atoms with Gasteiger partial charge in [0.05, 0.1) is 31.8 Å². The molecule has 2 aliphatic heterocycles. The predicted octanol–water partition coefficient (Wildman–Crippen LogP) is 0.950. The second kappa shape index (κ2) is 5.50. The number of aromatic nitrogens is 1. The number of morpholine rings is 1. The van der Waals surface area contributed by atoms with Gasteiger partial charge in [-0.15, -0.1) is 0 Å². The van der Waals surface area contributed by atoms with Gasteiger partial charge in [0.1, 0.15) is 0 Å². The van der Waals surface area contributed by atoms with Crippen molar-refractivity contribution in [2.24, 2.45) is 0 Å². The Bertz CT molecular complexity index is 480. The molecule has 3 heterocycles. The van der Waals surface area contributed by atoms with Crippen molar-refractivity contribution < 1.29 is 14.3 Å². The minimum Gasteiger partial charge on any atom is -0.379 e. The Kier molecular flexibility index (Phi) is 3.72. The number of amides is 1. The van der Waals surface area contributed by atoms with Crippen molar-refractivity contribution in [1.29, 1.82) is 0 Å². The molecule has 1 aromatic rings. The Hall–Kier alpha value is -1.46. The van der Waals surface area contributed by atoms with Crippen LogP contribution in [0.15, 0.2) is 18.3 Å². The molecule has 3 rings (SSSR count). The van der Waals surface area contributed by atoms with Crippen LogP contribution in [0.25, 0.3) is 0 Å². The third kappa shape index (κ3) is 2.55. The summed E-state index contributed by atoms with van der Waals surface area (Å²) >= 11 is 0. The van der Waals surface area contributed by atoms with Crippen molar-refractivity contribution in [2.75, 3.05) is 33.0 Å². The highest BCUT2D eigenvalue weighted by Gasteiger charge is 2.45. The molecular weight excluding hydrogens is 256 g/mol. The number of nitrogens with zero attached hydrogens (tertiary/aromatic N) is 2. The van der Waals surface area contributed by atoms with Crippen LogP contribution in [0.2, 0.25) is 0 Å². The van der Waals surface area contributed by atoms with Crippen LogP contribution in [0, 0.1) is 6.92 Å². The molecule has 0 radical (unpaired) electrons. The zero-order chi connectivity index (χ0) is 14.0. The maximum absolute atomic E-state index is 12.6. The Morgan fingerprint density at radius 2 is 2.15 bits per heavy atom. The topological polar surface area (TPSA) is 51.7 Å². The van der Waals surface area contributed by atoms with Crippen LogP contribution in [-0.2, 0) is 20.7 Å². The molecule has 2 aliphatic rings. The summed E-state index contributed by atoms with van der Waals surface area (Å²) in [6.45, 7) is 5.09. The van der Waals surface area contributed by atoms with Crippen LogP contribution in [0.1, 0.15) is 17.7 Å². The highest BCUT2D eigenvalue weighted by Crippen LogP contribution is 2.29. The second-order valence-corrected chi connectivity index (χ2v) is 5.61. The van der Waals surface area contributed by atoms with E-state index in [4.69, 9.17) is 9.47 Å². The maximum atomic E-state index is 12.6. The lowest BCUT2D eigenvalue weighted by atomic mass is 9.95. The summed E-state index contributed by atoms with van der Waals surface area (Å²) in [6, 6.07) is 3.91. The van der Waals surface area contributed by atoms with Gasteiger partial charge >= 0.3 is 0 Å². The normalized spacial score (nSPS) is 26.1. The highest BCUT2D eigenvalue weighted by atomic mass is 16.5. The van der Waals surface area contributed by atoms with Crippen LogP contribution in [0.5, 0.6) is 0 Å². The number of rotatable bonds is 2. The van der Waals surface area contributed by atoms with Crippen LogP contribution >= 0.6 is 0 Å². The van der Waals surface area contributed by atoms with E-state index in [1.807, 2.05) is 24.0 Å². The van der Waals surface area contributed by atoms with Gasteiger partial charge in [0, 0.05) is 25.0 Å². The van der Waals surface area contributed by atoms with E-state index in [0.29, 0.717) is 39.4 Å². The van der Waals surface area contributed by atoms with Crippen LogP contribution in [0.3, 0.4) is 0 Å². The Morgan fingerprint density at radius 1 is 1.35 bits per heavy atom. The number of aryl methyl sites for hydroxylation is 1. The van der Waals surface area contributed by atoms with E-state index < -0.39 is 0 Å². The minimum absolute atomic E-state index is 0.143. The summed E-state index contributed by atoms with van der Waals surface area (Å²) in [7, 11) is 0. The maximum Gasteiger partial charge on any atom is 0.227 e. The third-order valence-corrected chi connectivity index (χ3v) is 4.11. The highest BCUT2D eigenvalue weighted by molar-refractivity contribution is 5.79. The van der Waals surface area contributed by atoms with Crippen LogP contribution in [-0.4, -0.2) is 54.3 Å². The lowest BCUT2D eigenvalue weighted by Crippen LogP contribution is -2.60. The Balaban J connectivity index is 1.73. The van der Waals surface area contributed by atoms with Gasteiger partial charge in [0.2, 0.25) is 5.91 Å². The zero-order valence-electron chi connectivity index (χ0n) is 11.8. The number of ether oxygens (including phenoxy) is 2. The fourth-order valence-corrected chi connectivity index (χ4v) is 2.92. The monoisotopic (exact) mass is 276 g/mol. The Labute approximate surface area is 118 Å². The number of hydrogen-bond acceptors (Lipinski definition) is 4. The lowest BCUT2D eigenvalue weighted by molar-refractivity contribution is -0.148. The van der Waals surface area contributed by atoms with E-state index in [9.17, 15) is 4.79 Å². The molecule has 2 fully saturated rings. The molecule has 1 atom stereocenters. The molecule has 108 valence electrons. The molecule has 0 bridgehead atoms. The predicted molar refractivity (Wildman–Crippen MR) is 73.4 cm³/mol. The lowest BCUT2D eigenvalue weighted by Gasteiger charge is -2.43. The Morgan fingerprint density at radius 3 is 2.85 bits per heavy atom. The molecule has 20 heavy (non-hydrogen) atoms. The quantitative estimate of drug-likeness (QED) is 0.807. The number of carbonyl (C=O) groups excluding carboxylic acids is 1. The van der Waals surface area contributed by atoms with Crippen molar-refractivity contribution in [1.82, 2.24) is 9.88 Å². The van der Waals surface area contributed by atoms with E-state index in [1.54, 1.807) is 6.20 Å². The first-order valence-electron chi connectivity index (χ1n) is 7.07. The molecule has 1 spiro atoms. The summed E-state index contributed by atoms with van der Waals surface area (Å²) in [5, 5.41) is 0. The van der Waals surface area contributed by atoms with Crippen molar-refractivity contribution in [3.05, 3.63) is 29.6 Å². The van der Waals surface area contributed by atoms with Gasteiger partial charge in [-0.2, -0.15) is 0 Å². The first kappa shape index (κ1) is 13.5. The molecule has 1 amide bonds. The van der Waals surface area contributed by atoms with Gasteiger partial charge in [-0.25, -0.2) is 0 Å². The van der Waals surface area contributed by atoms with E-state index in [-0.39, 0.29) is 11.4 Å². The summed E-state index contributed by atoms with van der Waals surface area (Å²) in [5.41, 5.74) is 1.68. The standard InChI is InChI=1S/C15H20N2O3/c1-12-2-3-13(9-16-12)8-14(18)17-5-7-20-11-15(17)4-6-19-10-15/h2-3,9H,4-8,10-11H2,1H3. The smallest absolute Gasteiger partial charge is 0.227 e. The van der Waals surface area contributed by atoms with Crippen LogP contribution < -0.4 is 0 Å². The molecule has 5 heteroatoms. The molecule has 0 saturated carbocycles. The van der Waals surface area contributed by atoms with Crippen molar-refractivity contribution in [3.8, 4) is 0 Å². The second-order valence-electron chi connectivity index (χ2n) is 5.61. The van der Waals surface area contributed by atoms with E-state index in [2.05, 4.69) is 4.98 Å². The zero-order valence-corrected chi connectivity index (χ0v) is 11.8. The van der Waals surface area contributed by atoms with Gasteiger partial charge in [-0.05, 0) is 25.0 Å². The van der Waals surface area contributed by atoms with Crippen molar-refractivity contribution in [3.63, 3.8) is 0 Å². The van der Waals surface area contributed by atoms with Gasteiger partial charge in [0.15, 0.2) is 0 Å². The van der Waals surface area contributed by atoms with E-state index in [0.717, 1.165) is 17.7 Å². The van der Waals surface area contributed by atoms with Crippen LogP contribution in [0.4, 0.5) is 0 Å². The average molecular weight is 276 g/mol.